The van der Waals surface area contributed by atoms with Crippen molar-refractivity contribution in [2.45, 2.75) is 39.7 Å². The predicted molar refractivity (Wildman–Crippen MR) is 77.7 cm³/mol. The molecule has 114 valence electrons. The highest BCUT2D eigenvalue weighted by atomic mass is 19.2. The van der Waals surface area contributed by atoms with Gasteiger partial charge in [-0.25, -0.2) is 8.78 Å². The molecule has 0 heterocycles. The lowest BCUT2D eigenvalue weighted by molar-refractivity contribution is 0.105. The molecule has 2 nitrogen and oxygen atoms in total. The fraction of sp³-hybridized carbons (Fsp3) is 0.625. The number of halogens is 2. The number of hydrogen-bond acceptors (Lipinski definition) is 2. The second-order valence-corrected chi connectivity index (χ2v) is 5.36. The van der Waals surface area contributed by atoms with Gasteiger partial charge in [0.15, 0.2) is 11.6 Å². The summed E-state index contributed by atoms with van der Waals surface area (Å²) in [5, 5.41) is 3.13. The molecule has 1 rings (SSSR count). The first-order valence-electron chi connectivity index (χ1n) is 7.31. The molecule has 1 unspecified atom stereocenters. The topological polar surface area (TPSA) is 21.3 Å². The van der Waals surface area contributed by atoms with E-state index in [1.807, 2.05) is 6.92 Å². The van der Waals surface area contributed by atoms with Crippen LogP contribution >= 0.6 is 0 Å². The third-order valence-electron chi connectivity index (χ3n) is 3.16. The van der Waals surface area contributed by atoms with Gasteiger partial charge < -0.3 is 10.1 Å². The van der Waals surface area contributed by atoms with E-state index in [0.717, 1.165) is 18.9 Å². The fourth-order valence-electron chi connectivity index (χ4n) is 2.09. The molecule has 1 aromatic carbocycles. The van der Waals surface area contributed by atoms with E-state index in [1.165, 1.54) is 6.07 Å². The summed E-state index contributed by atoms with van der Waals surface area (Å²) in [6.07, 6.45) is 2.10. The van der Waals surface area contributed by atoms with Crippen LogP contribution in [0.2, 0.25) is 0 Å². The quantitative estimate of drug-likeness (QED) is 0.691. The van der Waals surface area contributed by atoms with E-state index in [9.17, 15) is 8.78 Å². The van der Waals surface area contributed by atoms with Crippen LogP contribution < -0.4 is 5.32 Å². The molecule has 0 aliphatic carbocycles. The summed E-state index contributed by atoms with van der Waals surface area (Å²) >= 11 is 0. The smallest absolute Gasteiger partial charge is 0.163 e. The summed E-state index contributed by atoms with van der Waals surface area (Å²) in [7, 11) is 0. The zero-order valence-electron chi connectivity index (χ0n) is 12.6. The summed E-state index contributed by atoms with van der Waals surface area (Å²) in [4.78, 5) is 0. The molecule has 0 aliphatic heterocycles. The van der Waals surface area contributed by atoms with Crippen LogP contribution in [0.3, 0.4) is 0 Å². The average molecular weight is 285 g/mol. The van der Waals surface area contributed by atoms with Crippen LogP contribution in [-0.2, 0) is 4.74 Å². The van der Waals surface area contributed by atoms with E-state index >= 15 is 0 Å². The van der Waals surface area contributed by atoms with Gasteiger partial charge in [-0.2, -0.15) is 0 Å². The van der Waals surface area contributed by atoms with Crippen molar-refractivity contribution in [3.05, 3.63) is 35.4 Å². The average Bonchev–Trinajstić information content (AvgIpc) is 2.40. The summed E-state index contributed by atoms with van der Waals surface area (Å²) in [6.45, 7) is 7.95. The minimum absolute atomic E-state index is 0.310. The second kappa shape index (κ2) is 9.03. The highest BCUT2D eigenvalue weighted by Gasteiger charge is 2.17. The molecule has 0 aliphatic rings. The van der Waals surface area contributed by atoms with Crippen molar-refractivity contribution < 1.29 is 13.5 Å². The Bertz CT molecular complexity index is 396. The maximum atomic E-state index is 13.8. The highest BCUT2D eigenvalue weighted by Crippen LogP contribution is 2.20. The fourth-order valence-corrected chi connectivity index (χ4v) is 2.09. The minimum Gasteiger partial charge on any atom is -0.379 e. The molecule has 0 aromatic heterocycles. The van der Waals surface area contributed by atoms with Crippen molar-refractivity contribution in [2.24, 2.45) is 5.92 Å². The van der Waals surface area contributed by atoms with E-state index in [4.69, 9.17) is 4.74 Å². The Balaban J connectivity index is 2.54. The van der Waals surface area contributed by atoms with Gasteiger partial charge in [-0.15, -0.1) is 0 Å². The van der Waals surface area contributed by atoms with Gasteiger partial charge in [0, 0.05) is 12.2 Å². The molecule has 0 spiro atoms. The van der Waals surface area contributed by atoms with Gasteiger partial charge in [0.2, 0.25) is 0 Å². The number of ether oxygens (including phenoxy) is 1. The molecule has 1 N–H and O–H groups in total. The summed E-state index contributed by atoms with van der Waals surface area (Å²) in [6, 6.07) is 3.94. The van der Waals surface area contributed by atoms with Crippen molar-refractivity contribution in [1.82, 2.24) is 5.32 Å². The molecule has 0 saturated heterocycles. The summed E-state index contributed by atoms with van der Waals surface area (Å²) < 4.78 is 32.7. The standard InChI is InChI=1S/C16H25F2NO/c1-4-19-15(11-20-10-6-7-12(2)3)13-8-5-9-14(17)16(13)18/h5,8-9,12,15,19H,4,6-7,10-11H2,1-3H3. The molecule has 0 bridgehead atoms. The minimum atomic E-state index is -0.815. The SMILES string of the molecule is CCNC(COCCCC(C)C)c1cccc(F)c1F. The van der Waals surface area contributed by atoms with Crippen LogP contribution in [0.4, 0.5) is 8.78 Å². The molecule has 0 radical (unpaired) electrons. The maximum Gasteiger partial charge on any atom is 0.163 e. The lowest BCUT2D eigenvalue weighted by atomic mass is 10.1. The van der Waals surface area contributed by atoms with Gasteiger partial charge >= 0.3 is 0 Å². The third-order valence-corrected chi connectivity index (χ3v) is 3.16. The Kier molecular flexibility index (Phi) is 7.70. The monoisotopic (exact) mass is 285 g/mol. The highest BCUT2D eigenvalue weighted by molar-refractivity contribution is 5.22. The van der Waals surface area contributed by atoms with Crippen LogP contribution in [0.5, 0.6) is 0 Å². The number of hydrogen-bond donors (Lipinski definition) is 1. The van der Waals surface area contributed by atoms with E-state index in [1.54, 1.807) is 6.07 Å². The van der Waals surface area contributed by atoms with E-state index in [-0.39, 0.29) is 6.04 Å². The van der Waals surface area contributed by atoms with Gasteiger partial charge in [0.05, 0.1) is 12.6 Å². The van der Waals surface area contributed by atoms with Gasteiger partial charge in [-0.1, -0.05) is 32.9 Å². The molecule has 1 atom stereocenters. The van der Waals surface area contributed by atoms with Gasteiger partial charge in [0.1, 0.15) is 0 Å². The zero-order chi connectivity index (χ0) is 15.0. The molecule has 0 saturated carbocycles. The Morgan fingerprint density at radius 2 is 2.00 bits per heavy atom. The first-order valence-corrected chi connectivity index (χ1v) is 7.31. The lowest BCUT2D eigenvalue weighted by Gasteiger charge is -2.19. The summed E-state index contributed by atoms with van der Waals surface area (Å²) in [5.41, 5.74) is 0.329. The molecule has 4 heteroatoms. The van der Waals surface area contributed by atoms with Crippen molar-refractivity contribution in [1.29, 1.82) is 0 Å². The van der Waals surface area contributed by atoms with Crippen LogP contribution in [0.1, 0.15) is 45.2 Å². The van der Waals surface area contributed by atoms with Crippen LogP contribution in [-0.4, -0.2) is 19.8 Å². The Morgan fingerprint density at radius 3 is 2.65 bits per heavy atom. The molecule has 1 aromatic rings. The Hall–Kier alpha value is -1.00. The van der Waals surface area contributed by atoms with Crippen LogP contribution in [0.15, 0.2) is 18.2 Å². The number of benzene rings is 1. The number of rotatable bonds is 9. The van der Waals surface area contributed by atoms with Crippen LogP contribution in [0, 0.1) is 17.6 Å². The van der Waals surface area contributed by atoms with Gasteiger partial charge in [0.25, 0.3) is 0 Å². The van der Waals surface area contributed by atoms with Crippen molar-refractivity contribution in [3.63, 3.8) is 0 Å². The van der Waals surface area contributed by atoms with E-state index in [2.05, 4.69) is 19.2 Å². The summed E-state index contributed by atoms with van der Waals surface area (Å²) in [5.74, 6) is -0.946. The first kappa shape index (κ1) is 17.1. The van der Waals surface area contributed by atoms with Crippen molar-refractivity contribution in [3.8, 4) is 0 Å². The predicted octanol–water partition coefficient (Wildman–Crippen LogP) is 4.07. The van der Waals surface area contributed by atoms with Gasteiger partial charge in [-0.3, -0.25) is 0 Å². The van der Waals surface area contributed by atoms with Crippen molar-refractivity contribution >= 4 is 0 Å². The number of likely N-dealkylation sites (N-methyl/N-ethyl adjacent to an activating group) is 1. The van der Waals surface area contributed by atoms with Crippen LogP contribution in [0.25, 0.3) is 0 Å². The molecule has 0 fully saturated rings. The Labute approximate surface area is 120 Å². The first-order chi connectivity index (χ1) is 9.56. The largest absolute Gasteiger partial charge is 0.379 e. The molecule has 20 heavy (non-hydrogen) atoms. The molecular formula is C16H25F2NO. The lowest BCUT2D eigenvalue weighted by Crippen LogP contribution is -2.26. The normalized spacial score (nSPS) is 12.9. The molecule has 0 amide bonds. The van der Waals surface area contributed by atoms with E-state index in [0.29, 0.717) is 31.2 Å². The third kappa shape index (κ3) is 5.55. The second-order valence-electron chi connectivity index (χ2n) is 5.36. The van der Waals surface area contributed by atoms with Gasteiger partial charge in [-0.05, 0) is 31.4 Å². The maximum absolute atomic E-state index is 13.8. The van der Waals surface area contributed by atoms with E-state index < -0.39 is 11.6 Å². The Morgan fingerprint density at radius 1 is 1.25 bits per heavy atom. The van der Waals surface area contributed by atoms with Crippen molar-refractivity contribution in [2.75, 3.05) is 19.8 Å². The molecular weight excluding hydrogens is 260 g/mol. The zero-order valence-corrected chi connectivity index (χ0v) is 12.6. The number of nitrogens with one attached hydrogen (secondary N) is 1.